The summed E-state index contributed by atoms with van der Waals surface area (Å²) in [4.78, 5) is 0. The summed E-state index contributed by atoms with van der Waals surface area (Å²) in [6, 6.07) is 7.91. The standard InChI is InChI=1S/C22H37O2P/c1-2-3-4-5-6-7-8-9-10-11-12-13-14-15-18-21-19-16-17-20-22(21)24-25-23/h16-17,19-20H,2-15,18H2,1H3. The molecule has 0 fully saturated rings. The van der Waals surface area contributed by atoms with Crippen molar-refractivity contribution >= 4 is 8.69 Å². The minimum atomic E-state index is -0.266. The van der Waals surface area contributed by atoms with Crippen molar-refractivity contribution in [3.63, 3.8) is 0 Å². The second-order valence-electron chi connectivity index (χ2n) is 7.12. The molecule has 0 unspecified atom stereocenters. The molecule has 25 heavy (non-hydrogen) atoms. The highest BCUT2D eigenvalue weighted by atomic mass is 31.1. The summed E-state index contributed by atoms with van der Waals surface area (Å²) in [5, 5.41) is 0. The Kier molecular flexibility index (Phi) is 14.7. The molecule has 0 atom stereocenters. The van der Waals surface area contributed by atoms with E-state index in [4.69, 9.17) is 4.52 Å². The Bertz CT molecular complexity index is 434. The van der Waals surface area contributed by atoms with Gasteiger partial charge in [0, 0.05) is 0 Å². The van der Waals surface area contributed by atoms with Crippen molar-refractivity contribution in [1.82, 2.24) is 0 Å². The van der Waals surface area contributed by atoms with Crippen LogP contribution in [0.4, 0.5) is 0 Å². The van der Waals surface area contributed by atoms with Crippen molar-refractivity contribution in [2.75, 3.05) is 0 Å². The van der Waals surface area contributed by atoms with Crippen LogP contribution in [0.1, 0.15) is 102 Å². The fraction of sp³-hybridized carbons (Fsp3) is 0.727. The molecule has 0 spiro atoms. The summed E-state index contributed by atoms with van der Waals surface area (Å²) >= 11 is 0. The molecule has 0 radical (unpaired) electrons. The topological polar surface area (TPSA) is 26.3 Å². The molecule has 0 amide bonds. The van der Waals surface area contributed by atoms with Gasteiger partial charge in [0.1, 0.15) is 5.75 Å². The van der Waals surface area contributed by atoms with E-state index in [2.05, 4.69) is 13.0 Å². The quantitative estimate of drug-likeness (QED) is 0.205. The number of hydrogen-bond acceptors (Lipinski definition) is 2. The van der Waals surface area contributed by atoms with Gasteiger partial charge in [0.25, 0.3) is 0 Å². The average Bonchev–Trinajstić information content (AvgIpc) is 2.63. The lowest BCUT2D eigenvalue weighted by molar-refractivity contribution is 0.518. The molecular weight excluding hydrogens is 327 g/mol. The van der Waals surface area contributed by atoms with E-state index in [-0.39, 0.29) is 8.69 Å². The summed E-state index contributed by atoms with van der Waals surface area (Å²) in [6.45, 7) is 2.28. The molecule has 0 aliphatic rings. The lowest BCUT2D eigenvalue weighted by Crippen LogP contribution is -1.90. The smallest absolute Gasteiger partial charge is 0.395 e. The zero-order valence-electron chi connectivity index (χ0n) is 16.2. The van der Waals surface area contributed by atoms with E-state index in [0.29, 0.717) is 0 Å². The molecule has 0 aromatic heterocycles. The molecule has 2 nitrogen and oxygen atoms in total. The summed E-state index contributed by atoms with van der Waals surface area (Å²) in [7, 11) is -0.266. The number of para-hydroxylation sites is 1. The molecule has 0 saturated carbocycles. The fourth-order valence-electron chi connectivity index (χ4n) is 3.35. The first-order chi connectivity index (χ1) is 12.4. The maximum absolute atomic E-state index is 10.6. The van der Waals surface area contributed by atoms with E-state index in [1.165, 1.54) is 95.5 Å². The molecule has 0 N–H and O–H groups in total. The molecule has 0 aliphatic carbocycles. The number of benzene rings is 1. The van der Waals surface area contributed by atoms with Gasteiger partial charge in [0.15, 0.2) is 0 Å². The SMILES string of the molecule is CCCCCCCCCCCCCCCCc1ccccc1OP=O. The summed E-state index contributed by atoms with van der Waals surface area (Å²) in [5.41, 5.74) is 1.17. The highest BCUT2D eigenvalue weighted by Crippen LogP contribution is 2.23. The first-order valence-corrected chi connectivity index (χ1v) is 11.2. The summed E-state index contributed by atoms with van der Waals surface area (Å²) < 4.78 is 15.7. The summed E-state index contributed by atoms with van der Waals surface area (Å²) in [6.07, 6.45) is 20.4. The van der Waals surface area contributed by atoms with Crippen molar-refractivity contribution in [3.8, 4) is 5.75 Å². The second kappa shape index (κ2) is 16.6. The van der Waals surface area contributed by atoms with Crippen LogP contribution >= 0.6 is 8.69 Å². The average molecular weight is 365 g/mol. The Hall–Kier alpha value is -0.880. The lowest BCUT2D eigenvalue weighted by atomic mass is 10.0. The zero-order valence-corrected chi connectivity index (χ0v) is 17.1. The zero-order chi connectivity index (χ0) is 18.0. The minimum absolute atomic E-state index is 0.266. The van der Waals surface area contributed by atoms with E-state index >= 15 is 0 Å². The number of rotatable bonds is 17. The molecule has 3 heteroatoms. The van der Waals surface area contributed by atoms with Crippen LogP contribution < -0.4 is 4.52 Å². The third-order valence-electron chi connectivity index (χ3n) is 4.91. The predicted octanol–water partition coefficient (Wildman–Crippen LogP) is 8.30. The predicted molar refractivity (Wildman–Crippen MR) is 109 cm³/mol. The molecule has 0 aliphatic heterocycles. The maximum Gasteiger partial charge on any atom is 0.395 e. The molecule has 142 valence electrons. The van der Waals surface area contributed by atoms with Gasteiger partial charge in [0.05, 0.1) is 0 Å². The Morgan fingerprint density at radius 1 is 0.720 bits per heavy atom. The Morgan fingerprint density at radius 3 is 1.72 bits per heavy atom. The first kappa shape index (κ1) is 22.2. The summed E-state index contributed by atoms with van der Waals surface area (Å²) in [5.74, 6) is 0.758. The van der Waals surface area contributed by atoms with Crippen LogP contribution in [0.2, 0.25) is 0 Å². The van der Waals surface area contributed by atoms with Crippen LogP contribution in [-0.2, 0) is 11.0 Å². The molecule has 1 rings (SSSR count). The molecule has 0 heterocycles. The van der Waals surface area contributed by atoms with Crippen molar-refractivity contribution in [3.05, 3.63) is 29.8 Å². The van der Waals surface area contributed by atoms with E-state index in [0.717, 1.165) is 12.2 Å². The third kappa shape index (κ3) is 12.2. The van der Waals surface area contributed by atoms with Crippen molar-refractivity contribution in [2.24, 2.45) is 0 Å². The number of hydrogen-bond donors (Lipinski definition) is 0. The van der Waals surface area contributed by atoms with Gasteiger partial charge < -0.3 is 4.52 Å². The highest BCUT2D eigenvalue weighted by molar-refractivity contribution is 7.17. The Balaban J connectivity index is 1.88. The van der Waals surface area contributed by atoms with Crippen molar-refractivity contribution < 1.29 is 9.09 Å². The van der Waals surface area contributed by atoms with Gasteiger partial charge in [-0.3, -0.25) is 0 Å². The largest absolute Gasteiger partial charge is 0.407 e. The van der Waals surface area contributed by atoms with Crippen LogP contribution in [-0.4, -0.2) is 0 Å². The molecular formula is C22H37O2P. The molecule has 1 aromatic rings. The van der Waals surface area contributed by atoms with Gasteiger partial charge in [-0.15, -0.1) is 0 Å². The highest BCUT2D eigenvalue weighted by Gasteiger charge is 2.02. The fourth-order valence-corrected chi connectivity index (χ4v) is 3.61. The molecule has 1 aromatic carbocycles. The van der Waals surface area contributed by atoms with Crippen LogP contribution in [0.5, 0.6) is 5.75 Å². The van der Waals surface area contributed by atoms with Gasteiger partial charge in [0.2, 0.25) is 0 Å². The van der Waals surface area contributed by atoms with Gasteiger partial charge in [-0.25, -0.2) is 4.57 Å². The second-order valence-corrected chi connectivity index (χ2v) is 7.45. The molecule has 0 saturated heterocycles. The Morgan fingerprint density at radius 2 is 1.20 bits per heavy atom. The lowest BCUT2D eigenvalue weighted by Gasteiger charge is -2.06. The maximum atomic E-state index is 10.6. The van der Waals surface area contributed by atoms with E-state index < -0.39 is 0 Å². The van der Waals surface area contributed by atoms with Gasteiger partial charge >= 0.3 is 8.69 Å². The van der Waals surface area contributed by atoms with Crippen LogP contribution in [0.15, 0.2) is 24.3 Å². The van der Waals surface area contributed by atoms with E-state index in [1.54, 1.807) is 0 Å². The first-order valence-electron chi connectivity index (χ1n) is 10.5. The number of aryl methyl sites for hydroxylation is 1. The Labute approximate surface area is 157 Å². The van der Waals surface area contributed by atoms with Crippen LogP contribution in [0, 0.1) is 0 Å². The van der Waals surface area contributed by atoms with Crippen molar-refractivity contribution in [2.45, 2.75) is 103 Å². The van der Waals surface area contributed by atoms with E-state index in [1.807, 2.05) is 18.2 Å². The van der Waals surface area contributed by atoms with Crippen LogP contribution in [0.3, 0.4) is 0 Å². The minimum Gasteiger partial charge on any atom is -0.407 e. The van der Waals surface area contributed by atoms with Gasteiger partial charge in [-0.2, -0.15) is 0 Å². The normalized spacial score (nSPS) is 11.1. The third-order valence-corrected chi connectivity index (χ3v) is 5.18. The van der Waals surface area contributed by atoms with Gasteiger partial charge in [-0.05, 0) is 24.5 Å². The number of unbranched alkanes of at least 4 members (excludes halogenated alkanes) is 13. The van der Waals surface area contributed by atoms with Gasteiger partial charge in [-0.1, -0.05) is 109 Å². The van der Waals surface area contributed by atoms with Crippen molar-refractivity contribution in [1.29, 1.82) is 0 Å². The monoisotopic (exact) mass is 364 g/mol. The molecule has 0 bridgehead atoms. The van der Waals surface area contributed by atoms with Crippen LogP contribution in [0.25, 0.3) is 0 Å². The van der Waals surface area contributed by atoms with E-state index in [9.17, 15) is 4.57 Å².